The highest BCUT2D eigenvalue weighted by Gasteiger charge is 2.36. The van der Waals surface area contributed by atoms with Gasteiger partial charge in [0.05, 0.1) is 6.54 Å². The molecule has 1 aliphatic carbocycles. The Kier molecular flexibility index (Phi) is 6.09. The Morgan fingerprint density at radius 2 is 1.78 bits per heavy atom. The highest BCUT2D eigenvalue weighted by Crippen LogP contribution is 2.32. The van der Waals surface area contributed by atoms with E-state index >= 15 is 0 Å². The minimum absolute atomic E-state index is 0.0667. The zero-order valence-corrected chi connectivity index (χ0v) is 12.2. The molecule has 18 heavy (non-hydrogen) atoms. The predicted molar refractivity (Wildman–Crippen MR) is 75.4 cm³/mol. The van der Waals surface area contributed by atoms with Gasteiger partial charge in [0.25, 0.3) is 0 Å². The molecule has 1 aliphatic rings. The van der Waals surface area contributed by atoms with Crippen molar-refractivity contribution in [3.8, 4) is 0 Å². The fourth-order valence-electron chi connectivity index (χ4n) is 2.93. The molecule has 0 radical (unpaired) electrons. The standard InChI is InChI=1S/C14H29N3O/c1-4-16(3)13(18)11-17(5-2)14(12-15)9-7-6-8-10-14/h4-12,15H2,1-3H3. The molecule has 0 heterocycles. The Morgan fingerprint density at radius 3 is 2.22 bits per heavy atom. The summed E-state index contributed by atoms with van der Waals surface area (Å²) in [7, 11) is 1.87. The first kappa shape index (κ1) is 15.4. The highest BCUT2D eigenvalue weighted by atomic mass is 16.2. The first-order valence-electron chi connectivity index (χ1n) is 7.28. The third kappa shape index (κ3) is 3.45. The summed E-state index contributed by atoms with van der Waals surface area (Å²) in [5.41, 5.74) is 6.10. The summed E-state index contributed by atoms with van der Waals surface area (Å²) in [6.45, 7) is 6.99. The third-order valence-electron chi connectivity index (χ3n) is 4.44. The molecule has 0 atom stereocenters. The first-order valence-corrected chi connectivity index (χ1v) is 7.28. The van der Waals surface area contributed by atoms with Crippen LogP contribution in [0.3, 0.4) is 0 Å². The molecular formula is C14H29N3O. The predicted octanol–water partition coefficient (Wildman–Crippen LogP) is 1.45. The van der Waals surface area contributed by atoms with Crippen LogP contribution in [0.1, 0.15) is 46.0 Å². The number of rotatable bonds is 6. The van der Waals surface area contributed by atoms with Crippen LogP contribution >= 0.6 is 0 Å². The molecule has 0 aromatic heterocycles. The zero-order chi connectivity index (χ0) is 13.6. The number of carbonyl (C=O) groups excluding carboxylic acids is 1. The van der Waals surface area contributed by atoms with Crippen LogP contribution in [0.4, 0.5) is 0 Å². The number of likely N-dealkylation sites (N-methyl/N-ethyl adjacent to an activating group) is 2. The molecule has 0 aliphatic heterocycles. The summed E-state index contributed by atoms with van der Waals surface area (Å²) in [4.78, 5) is 16.2. The van der Waals surface area contributed by atoms with Gasteiger partial charge in [-0.3, -0.25) is 9.69 Å². The smallest absolute Gasteiger partial charge is 0.236 e. The monoisotopic (exact) mass is 255 g/mol. The van der Waals surface area contributed by atoms with Crippen molar-refractivity contribution in [2.45, 2.75) is 51.5 Å². The lowest BCUT2D eigenvalue weighted by atomic mass is 9.80. The van der Waals surface area contributed by atoms with E-state index in [-0.39, 0.29) is 11.4 Å². The molecule has 1 amide bonds. The lowest BCUT2D eigenvalue weighted by Crippen LogP contribution is -2.57. The second-order valence-electron chi connectivity index (χ2n) is 5.41. The number of hydrogen-bond acceptors (Lipinski definition) is 3. The topological polar surface area (TPSA) is 49.6 Å². The van der Waals surface area contributed by atoms with E-state index < -0.39 is 0 Å². The summed E-state index contributed by atoms with van der Waals surface area (Å²) in [6, 6.07) is 0. The Morgan fingerprint density at radius 1 is 1.17 bits per heavy atom. The van der Waals surface area contributed by atoms with Crippen molar-refractivity contribution in [1.29, 1.82) is 0 Å². The van der Waals surface area contributed by atoms with Crippen LogP contribution in [0, 0.1) is 0 Å². The quantitative estimate of drug-likeness (QED) is 0.781. The maximum absolute atomic E-state index is 12.1. The van der Waals surface area contributed by atoms with E-state index in [1.165, 1.54) is 19.3 Å². The van der Waals surface area contributed by atoms with Crippen LogP contribution in [0.2, 0.25) is 0 Å². The van der Waals surface area contributed by atoms with Crippen molar-refractivity contribution in [3.63, 3.8) is 0 Å². The lowest BCUT2D eigenvalue weighted by molar-refractivity contribution is -0.133. The van der Waals surface area contributed by atoms with Crippen LogP contribution in [0.25, 0.3) is 0 Å². The molecule has 0 saturated heterocycles. The minimum Gasteiger partial charge on any atom is -0.345 e. The average Bonchev–Trinajstić information content (AvgIpc) is 2.44. The van der Waals surface area contributed by atoms with Crippen molar-refractivity contribution in [2.24, 2.45) is 5.73 Å². The molecule has 1 fully saturated rings. The highest BCUT2D eigenvalue weighted by molar-refractivity contribution is 5.78. The average molecular weight is 255 g/mol. The van der Waals surface area contributed by atoms with Gasteiger partial charge in [0.2, 0.25) is 5.91 Å². The number of nitrogens with zero attached hydrogens (tertiary/aromatic N) is 2. The summed E-state index contributed by atoms with van der Waals surface area (Å²) < 4.78 is 0. The molecule has 0 aromatic rings. The maximum Gasteiger partial charge on any atom is 0.236 e. The number of amides is 1. The van der Waals surface area contributed by atoms with Gasteiger partial charge in [-0.25, -0.2) is 0 Å². The molecule has 0 aromatic carbocycles. The molecule has 1 rings (SSSR count). The van der Waals surface area contributed by atoms with Gasteiger partial charge in [-0.2, -0.15) is 0 Å². The molecule has 0 spiro atoms. The van der Waals surface area contributed by atoms with Gasteiger partial charge in [0.1, 0.15) is 0 Å². The van der Waals surface area contributed by atoms with Crippen molar-refractivity contribution >= 4 is 5.91 Å². The second-order valence-corrected chi connectivity index (χ2v) is 5.41. The van der Waals surface area contributed by atoms with E-state index in [4.69, 9.17) is 5.73 Å². The molecule has 4 nitrogen and oxygen atoms in total. The van der Waals surface area contributed by atoms with Gasteiger partial charge in [-0.15, -0.1) is 0 Å². The van der Waals surface area contributed by atoms with Gasteiger partial charge < -0.3 is 10.6 Å². The largest absolute Gasteiger partial charge is 0.345 e. The molecular weight excluding hydrogens is 226 g/mol. The summed E-state index contributed by atoms with van der Waals surface area (Å²) in [6.07, 6.45) is 6.07. The summed E-state index contributed by atoms with van der Waals surface area (Å²) in [5.74, 6) is 0.206. The molecule has 0 bridgehead atoms. The van der Waals surface area contributed by atoms with Crippen molar-refractivity contribution in [2.75, 3.05) is 33.2 Å². The molecule has 106 valence electrons. The van der Waals surface area contributed by atoms with E-state index in [9.17, 15) is 4.79 Å². The van der Waals surface area contributed by atoms with Gasteiger partial charge in [-0.1, -0.05) is 26.2 Å². The van der Waals surface area contributed by atoms with Crippen LogP contribution in [0.15, 0.2) is 0 Å². The van der Waals surface area contributed by atoms with Crippen molar-refractivity contribution in [3.05, 3.63) is 0 Å². The number of carbonyl (C=O) groups is 1. The second kappa shape index (κ2) is 7.10. The van der Waals surface area contributed by atoms with Gasteiger partial charge in [0.15, 0.2) is 0 Å². The van der Waals surface area contributed by atoms with Crippen LogP contribution < -0.4 is 5.73 Å². The molecule has 2 N–H and O–H groups in total. The SMILES string of the molecule is CCN(C)C(=O)CN(CC)C1(CN)CCCCC1. The van der Waals surface area contributed by atoms with Crippen LogP contribution in [-0.2, 0) is 4.79 Å². The van der Waals surface area contributed by atoms with Crippen LogP contribution in [-0.4, -0.2) is 54.5 Å². The fraction of sp³-hybridized carbons (Fsp3) is 0.929. The van der Waals surface area contributed by atoms with E-state index in [0.717, 1.165) is 25.9 Å². The van der Waals surface area contributed by atoms with E-state index in [2.05, 4.69) is 11.8 Å². The summed E-state index contributed by atoms with van der Waals surface area (Å²) in [5, 5.41) is 0. The molecule has 4 heteroatoms. The van der Waals surface area contributed by atoms with Gasteiger partial charge >= 0.3 is 0 Å². The number of nitrogens with two attached hydrogens (primary N) is 1. The zero-order valence-electron chi connectivity index (χ0n) is 12.2. The molecule has 1 saturated carbocycles. The fourth-order valence-corrected chi connectivity index (χ4v) is 2.93. The van der Waals surface area contributed by atoms with Gasteiger partial charge in [0, 0.05) is 25.7 Å². The third-order valence-corrected chi connectivity index (χ3v) is 4.44. The van der Waals surface area contributed by atoms with E-state index in [1.54, 1.807) is 4.90 Å². The van der Waals surface area contributed by atoms with Crippen molar-refractivity contribution in [1.82, 2.24) is 9.80 Å². The Bertz CT molecular complexity index is 262. The van der Waals surface area contributed by atoms with E-state index in [0.29, 0.717) is 13.1 Å². The van der Waals surface area contributed by atoms with E-state index in [1.807, 2.05) is 14.0 Å². The number of hydrogen-bond donors (Lipinski definition) is 1. The maximum atomic E-state index is 12.1. The van der Waals surface area contributed by atoms with Crippen LogP contribution in [0.5, 0.6) is 0 Å². The van der Waals surface area contributed by atoms with Crippen molar-refractivity contribution < 1.29 is 4.79 Å². The Hall–Kier alpha value is -0.610. The normalized spacial score (nSPS) is 18.9. The molecule has 0 unspecified atom stereocenters. The first-order chi connectivity index (χ1) is 8.59. The van der Waals surface area contributed by atoms with Gasteiger partial charge in [-0.05, 0) is 26.3 Å². The summed E-state index contributed by atoms with van der Waals surface area (Å²) >= 11 is 0. The Balaban J connectivity index is 2.70. The Labute approximate surface area is 111 Å². The minimum atomic E-state index is 0.0667. The lowest BCUT2D eigenvalue weighted by Gasteiger charge is -2.45.